The molecule has 0 aromatic heterocycles. The van der Waals surface area contributed by atoms with Crippen LogP contribution in [-0.4, -0.2) is 18.2 Å². The van der Waals surface area contributed by atoms with Gasteiger partial charge in [0, 0.05) is 18.2 Å². The van der Waals surface area contributed by atoms with Crippen molar-refractivity contribution in [2.24, 2.45) is 0 Å². The third-order valence-electron chi connectivity index (χ3n) is 4.65. The van der Waals surface area contributed by atoms with Crippen LogP contribution in [-0.2, 0) is 6.18 Å². The van der Waals surface area contributed by atoms with E-state index in [1.807, 2.05) is 0 Å². The van der Waals surface area contributed by atoms with Crippen LogP contribution in [0.3, 0.4) is 0 Å². The molecule has 0 spiro atoms. The highest BCUT2D eigenvalue weighted by molar-refractivity contribution is 5.90. The molecule has 28 heavy (non-hydrogen) atoms. The molecule has 8 heteroatoms. The third kappa shape index (κ3) is 5.15. The molecule has 0 aliphatic heterocycles. The highest BCUT2D eigenvalue weighted by atomic mass is 19.4. The monoisotopic (exact) mass is 396 g/mol. The Morgan fingerprint density at radius 1 is 1.11 bits per heavy atom. The van der Waals surface area contributed by atoms with E-state index in [4.69, 9.17) is 4.74 Å². The molecular weight excluding hydrogens is 376 g/mol. The number of amides is 2. The molecule has 2 amide bonds. The molecule has 1 aliphatic rings. The molecule has 2 atom stereocenters. The van der Waals surface area contributed by atoms with Crippen LogP contribution in [0.25, 0.3) is 0 Å². The lowest BCUT2D eigenvalue weighted by Crippen LogP contribution is -2.37. The molecule has 0 saturated heterocycles. The van der Waals surface area contributed by atoms with Crippen molar-refractivity contribution in [2.75, 3.05) is 5.32 Å². The molecule has 2 aromatic rings. The number of aryl methyl sites for hydroxylation is 1. The normalized spacial score (nSPS) is 19.3. The fraction of sp³-hybridized carbons (Fsp3) is 0.350. The van der Waals surface area contributed by atoms with Gasteiger partial charge in [-0.15, -0.1) is 0 Å². The van der Waals surface area contributed by atoms with Crippen LogP contribution in [0, 0.1) is 12.7 Å². The van der Waals surface area contributed by atoms with E-state index >= 15 is 0 Å². The Morgan fingerprint density at radius 3 is 2.50 bits per heavy atom. The fourth-order valence-corrected chi connectivity index (χ4v) is 3.17. The van der Waals surface area contributed by atoms with E-state index in [9.17, 15) is 22.4 Å². The number of hydrogen-bond acceptors (Lipinski definition) is 2. The Labute approximate surface area is 159 Å². The minimum atomic E-state index is -4.38. The second kappa shape index (κ2) is 8.08. The Hall–Kier alpha value is -2.77. The van der Waals surface area contributed by atoms with Crippen molar-refractivity contribution < 1.29 is 27.1 Å². The molecule has 150 valence electrons. The summed E-state index contributed by atoms with van der Waals surface area (Å²) in [6.07, 6.45) is -2.69. The second-order valence-corrected chi connectivity index (χ2v) is 6.83. The Kier molecular flexibility index (Phi) is 5.76. The van der Waals surface area contributed by atoms with Crippen molar-refractivity contribution in [2.45, 2.75) is 44.5 Å². The first-order valence-electron chi connectivity index (χ1n) is 8.88. The lowest BCUT2D eigenvalue weighted by molar-refractivity contribution is -0.137. The smallest absolute Gasteiger partial charge is 0.416 e. The predicted octanol–water partition coefficient (Wildman–Crippen LogP) is 5.27. The van der Waals surface area contributed by atoms with Crippen molar-refractivity contribution in [3.05, 3.63) is 59.4 Å². The maximum absolute atomic E-state index is 13.3. The number of halogens is 4. The van der Waals surface area contributed by atoms with Gasteiger partial charge in [0.1, 0.15) is 17.7 Å². The standard InChI is InChI=1S/C20H20F4N2O2/c1-12-2-5-14(21)10-18(12)26-19(27)25-15-6-9-17(11-15)28-16-7-3-13(4-8-16)20(22,23)24/h2-5,7-8,10,15,17H,6,9,11H2,1H3,(H2,25,26,27)/t15-,17-/m0/s1. The first-order valence-corrected chi connectivity index (χ1v) is 8.88. The van der Waals surface area contributed by atoms with Gasteiger partial charge in [0.25, 0.3) is 0 Å². The van der Waals surface area contributed by atoms with Gasteiger partial charge < -0.3 is 15.4 Å². The van der Waals surface area contributed by atoms with Crippen LogP contribution >= 0.6 is 0 Å². The van der Waals surface area contributed by atoms with Gasteiger partial charge in [-0.05, 0) is 61.7 Å². The van der Waals surface area contributed by atoms with Gasteiger partial charge in [0.05, 0.1) is 5.56 Å². The van der Waals surface area contributed by atoms with Crippen molar-refractivity contribution in [1.82, 2.24) is 5.32 Å². The number of urea groups is 1. The molecule has 1 fully saturated rings. The topological polar surface area (TPSA) is 50.4 Å². The summed E-state index contributed by atoms with van der Waals surface area (Å²) >= 11 is 0. The quantitative estimate of drug-likeness (QED) is 0.692. The summed E-state index contributed by atoms with van der Waals surface area (Å²) in [4.78, 5) is 12.1. The zero-order chi connectivity index (χ0) is 20.3. The number of carbonyl (C=O) groups excluding carboxylic acids is 1. The van der Waals surface area contributed by atoms with E-state index in [2.05, 4.69) is 10.6 Å². The second-order valence-electron chi connectivity index (χ2n) is 6.83. The van der Waals surface area contributed by atoms with E-state index in [-0.39, 0.29) is 12.1 Å². The Morgan fingerprint density at radius 2 is 1.82 bits per heavy atom. The van der Waals surface area contributed by atoms with Crippen LogP contribution in [0.5, 0.6) is 5.75 Å². The zero-order valence-electron chi connectivity index (χ0n) is 15.1. The predicted molar refractivity (Wildman–Crippen MR) is 96.8 cm³/mol. The molecule has 3 rings (SSSR count). The lowest BCUT2D eigenvalue weighted by atomic mass is 10.2. The highest BCUT2D eigenvalue weighted by Gasteiger charge is 2.31. The van der Waals surface area contributed by atoms with E-state index in [0.717, 1.165) is 17.7 Å². The van der Waals surface area contributed by atoms with Gasteiger partial charge in [0.2, 0.25) is 0 Å². The maximum Gasteiger partial charge on any atom is 0.416 e. The highest BCUT2D eigenvalue weighted by Crippen LogP contribution is 2.31. The van der Waals surface area contributed by atoms with E-state index in [1.54, 1.807) is 13.0 Å². The summed E-state index contributed by atoms with van der Waals surface area (Å²) in [6, 6.07) is 8.13. The molecule has 0 heterocycles. The molecule has 0 radical (unpaired) electrons. The van der Waals surface area contributed by atoms with Gasteiger partial charge in [-0.25, -0.2) is 9.18 Å². The number of benzene rings is 2. The van der Waals surface area contributed by atoms with E-state index in [0.29, 0.717) is 30.7 Å². The van der Waals surface area contributed by atoms with Gasteiger partial charge in [-0.3, -0.25) is 0 Å². The molecule has 2 aromatic carbocycles. The summed E-state index contributed by atoms with van der Waals surface area (Å²) < 4.78 is 56.8. The first-order chi connectivity index (χ1) is 13.2. The zero-order valence-corrected chi connectivity index (χ0v) is 15.1. The van der Waals surface area contributed by atoms with Crippen molar-refractivity contribution in [3.63, 3.8) is 0 Å². The van der Waals surface area contributed by atoms with Crippen LogP contribution in [0.1, 0.15) is 30.4 Å². The average molecular weight is 396 g/mol. The molecule has 1 saturated carbocycles. The number of rotatable bonds is 4. The van der Waals surface area contributed by atoms with Crippen LogP contribution < -0.4 is 15.4 Å². The summed E-state index contributed by atoms with van der Waals surface area (Å²) in [6.45, 7) is 1.76. The van der Waals surface area contributed by atoms with E-state index in [1.165, 1.54) is 24.3 Å². The largest absolute Gasteiger partial charge is 0.490 e. The fourth-order valence-electron chi connectivity index (χ4n) is 3.17. The van der Waals surface area contributed by atoms with Crippen molar-refractivity contribution >= 4 is 11.7 Å². The third-order valence-corrected chi connectivity index (χ3v) is 4.65. The van der Waals surface area contributed by atoms with Gasteiger partial charge >= 0.3 is 12.2 Å². The lowest BCUT2D eigenvalue weighted by Gasteiger charge is -2.16. The van der Waals surface area contributed by atoms with E-state index < -0.39 is 23.6 Å². The van der Waals surface area contributed by atoms with Gasteiger partial charge in [-0.1, -0.05) is 6.07 Å². The van der Waals surface area contributed by atoms with Gasteiger partial charge in [0.15, 0.2) is 0 Å². The summed E-state index contributed by atoms with van der Waals surface area (Å²) in [5.74, 6) is -0.0785. The Balaban J connectivity index is 1.50. The molecule has 2 N–H and O–H groups in total. The number of anilines is 1. The van der Waals surface area contributed by atoms with Crippen LogP contribution in [0.2, 0.25) is 0 Å². The molecule has 1 aliphatic carbocycles. The maximum atomic E-state index is 13.3. The van der Waals surface area contributed by atoms with Gasteiger partial charge in [-0.2, -0.15) is 13.2 Å². The number of alkyl halides is 3. The van der Waals surface area contributed by atoms with Crippen LogP contribution in [0.4, 0.5) is 28.0 Å². The average Bonchev–Trinajstić information content (AvgIpc) is 3.04. The molecular formula is C20H20F4N2O2. The van der Waals surface area contributed by atoms with Crippen molar-refractivity contribution in [1.29, 1.82) is 0 Å². The summed E-state index contributed by atoms with van der Waals surface area (Å²) in [5, 5.41) is 5.44. The van der Waals surface area contributed by atoms with Crippen LogP contribution in [0.15, 0.2) is 42.5 Å². The number of ether oxygens (including phenoxy) is 1. The summed E-state index contributed by atoms with van der Waals surface area (Å²) in [5.41, 5.74) is 0.412. The minimum absolute atomic E-state index is 0.131. The molecule has 0 unspecified atom stereocenters. The number of carbonyl (C=O) groups is 1. The summed E-state index contributed by atoms with van der Waals surface area (Å²) in [7, 11) is 0. The first kappa shape index (κ1) is 20.0. The molecule has 0 bridgehead atoms. The minimum Gasteiger partial charge on any atom is -0.490 e. The number of hydrogen-bond donors (Lipinski definition) is 2. The SMILES string of the molecule is Cc1ccc(F)cc1NC(=O)N[C@H]1CC[C@H](Oc2ccc(C(F)(F)F)cc2)C1. The number of nitrogens with one attached hydrogen (secondary N) is 2. The Bertz CT molecular complexity index is 837. The van der Waals surface area contributed by atoms with Crippen molar-refractivity contribution in [3.8, 4) is 5.75 Å². The molecule has 4 nitrogen and oxygen atoms in total.